The van der Waals surface area contributed by atoms with Gasteiger partial charge in [0.15, 0.2) is 5.78 Å². The molecule has 0 spiro atoms. The predicted molar refractivity (Wildman–Crippen MR) is 96.2 cm³/mol. The molecule has 5 heteroatoms. The van der Waals surface area contributed by atoms with Gasteiger partial charge in [0.1, 0.15) is 0 Å². The molecule has 0 fully saturated rings. The second-order valence-corrected chi connectivity index (χ2v) is 7.07. The second kappa shape index (κ2) is 6.17. The van der Waals surface area contributed by atoms with Gasteiger partial charge in [-0.25, -0.2) is 9.97 Å². The molecule has 120 valence electrons. The molecule has 2 aromatic heterocycles. The van der Waals surface area contributed by atoms with Crippen LogP contribution in [0.25, 0.3) is 0 Å². The summed E-state index contributed by atoms with van der Waals surface area (Å²) in [6, 6.07) is 12.2. The van der Waals surface area contributed by atoms with Crippen LogP contribution in [-0.4, -0.2) is 15.8 Å². The van der Waals surface area contributed by atoms with Crippen LogP contribution in [0.1, 0.15) is 38.8 Å². The van der Waals surface area contributed by atoms with Gasteiger partial charge < -0.3 is 5.32 Å². The third-order valence-electron chi connectivity index (χ3n) is 4.29. The molecular weight excluding hydrogens is 318 g/mol. The van der Waals surface area contributed by atoms with Crippen LogP contribution in [0.2, 0.25) is 0 Å². The average molecular weight is 335 g/mol. The van der Waals surface area contributed by atoms with Crippen molar-refractivity contribution < 1.29 is 4.79 Å². The predicted octanol–water partition coefficient (Wildman–Crippen LogP) is 4.50. The summed E-state index contributed by atoms with van der Waals surface area (Å²) in [6.07, 6.45) is 2.99. The molecule has 1 N–H and O–H groups in total. The van der Waals surface area contributed by atoms with Gasteiger partial charge in [-0.3, -0.25) is 4.79 Å². The van der Waals surface area contributed by atoms with Crippen molar-refractivity contribution in [1.82, 2.24) is 9.97 Å². The van der Waals surface area contributed by atoms with E-state index in [2.05, 4.69) is 33.7 Å². The van der Waals surface area contributed by atoms with E-state index in [1.54, 1.807) is 17.5 Å². The van der Waals surface area contributed by atoms with Gasteiger partial charge in [-0.05, 0) is 36.9 Å². The normalized spacial score (nSPS) is 16.7. The van der Waals surface area contributed by atoms with Gasteiger partial charge in [-0.15, -0.1) is 11.3 Å². The number of benzene rings is 1. The van der Waals surface area contributed by atoms with Crippen LogP contribution < -0.4 is 5.32 Å². The van der Waals surface area contributed by atoms with Crippen LogP contribution in [0.15, 0.2) is 48.0 Å². The summed E-state index contributed by atoms with van der Waals surface area (Å²) in [5, 5.41) is 5.27. The van der Waals surface area contributed by atoms with Gasteiger partial charge >= 0.3 is 0 Å². The Morgan fingerprint density at radius 2 is 2.00 bits per heavy atom. The number of carbonyl (C=O) groups is 1. The number of aromatic nitrogens is 2. The van der Waals surface area contributed by atoms with Gasteiger partial charge in [-0.1, -0.05) is 23.8 Å². The molecule has 4 nitrogen and oxygen atoms in total. The summed E-state index contributed by atoms with van der Waals surface area (Å²) >= 11 is 1.70. The summed E-state index contributed by atoms with van der Waals surface area (Å²) < 4.78 is 0. The molecule has 0 saturated carbocycles. The Balaban J connectivity index is 1.61. The second-order valence-electron chi connectivity index (χ2n) is 6.09. The number of hydrogen-bond acceptors (Lipinski definition) is 5. The van der Waals surface area contributed by atoms with Crippen molar-refractivity contribution in [2.75, 3.05) is 5.32 Å². The molecule has 2 heterocycles. The standard InChI is InChI=1S/C19H17N3OS/c1-12-4-6-14(7-5-12)21-19-20-11-15-16(22-19)9-13(10-17(15)23)18-3-2-8-24-18/h2-8,11,13H,9-10H2,1H3,(H,20,21,22)/t13-/m0/s1. The highest BCUT2D eigenvalue weighted by Gasteiger charge is 2.28. The Bertz CT molecular complexity index is 872. The molecule has 24 heavy (non-hydrogen) atoms. The van der Waals surface area contributed by atoms with E-state index < -0.39 is 0 Å². The fourth-order valence-corrected chi connectivity index (χ4v) is 3.83. The first-order chi connectivity index (χ1) is 11.7. The van der Waals surface area contributed by atoms with Crippen molar-refractivity contribution in [1.29, 1.82) is 0 Å². The van der Waals surface area contributed by atoms with E-state index in [1.807, 2.05) is 30.3 Å². The lowest BCUT2D eigenvalue weighted by Crippen LogP contribution is -2.20. The van der Waals surface area contributed by atoms with E-state index in [-0.39, 0.29) is 11.7 Å². The lowest BCUT2D eigenvalue weighted by Gasteiger charge is -2.22. The fraction of sp³-hybridized carbons (Fsp3) is 0.211. The minimum absolute atomic E-state index is 0.136. The minimum atomic E-state index is 0.136. The maximum atomic E-state index is 12.4. The Morgan fingerprint density at radius 3 is 2.75 bits per heavy atom. The van der Waals surface area contributed by atoms with E-state index in [4.69, 9.17) is 0 Å². The highest BCUT2D eigenvalue weighted by atomic mass is 32.1. The molecule has 1 aliphatic rings. The first kappa shape index (κ1) is 15.0. The number of fused-ring (bicyclic) bond motifs is 1. The summed E-state index contributed by atoms with van der Waals surface area (Å²) in [4.78, 5) is 22.6. The number of carbonyl (C=O) groups excluding carboxylic acids is 1. The lowest BCUT2D eigenvalue weighted by molar-refractivity contribution is 0.0963. The fourth-order valence-electron chi connectivity index (χ4n) is 3.00. The first-order valence-electron chi connectivity index (χ1n) is 7.95. The van der Waals surface area contributed by atoms with E-state index in [0.717, 1.165) is 17.8 Å². The van der Waals surface area contributed by atoms with Gasteiger partial charge in [0, 0.05) is 29.1 Å². The van der Waals surface area contributed by atoms with Crippen molar-refractivity contribution >= 4 is 28.8 Å². The molecule has 0 aliphatic heterocycles. The van der Waals surface area contributed by atoms with E-state index in [0.29, 0.717) is 17.9 Å². The zero-order chi connectivity index (χ0) is 16.5. The third-order valence-corrected chi connectivity index (χ3v) is 5.33. The molecule has 0 radical (unpaired) electrons. The van der Waals surface area contributed by atoms with Gasteiger partial charge in [0.25, 0.3) is 0 Å². The molecule has 1 atom stereocenters. The highest BCUT2D eigenvalue weighted by Crippen LogP contribution is 2.34. The number of thiophene rings is 1. The van der Waals surface area contributed by atoms with Crippen molar-refractivity contribution in [2.45, 2.75) is 25.7 Å². The van der Waals surface area contributed by atoms with E-state index in [1.165, 1.54) is 10.4 Å². The minimum Gasteiger partial charge on any atom is -0.324 e. The van der Waals surface area contributed by atoms with Crippen LogP contribution in [0, 0.1) is 6.92 Å². The Hall–Kier alpha value is -2.53. The monoisotopic (exact) mass is 335 g/mol. The van der Waals surface area contributed by atoms with Crippen molar-refractivity contribution in [3.63, 3.8) is 0 Å². The summed E-state index contributed by atoms with van der Waals surface area (Å²) in [6.45, 7) is 2.05. The smallest absolute Gasteiger partial charge is 0.227 e. The number of hydrogen-bond donors (Lipinski definition) is 1. The van der Waals surface area contributed by atoms with Crippen LogP contribution in [0.3, 0.4) is 0 Å². The van der Waals surface area contributed by atoms with Crippen LogP contribution in [0.5, 0.6) is 0 Å². The maximum absolute atomic E-state index is 12.4. The molecule has 0 unspecified atom stereocenters. The van der Waals surface area contributed by atoms with Gasteiger partial charge in [0.2, 0.25) is 5.95 Å². The number of Topliss-reactive ketones (excluding diaryl/α,β-unsaturated/α-hetero) is 1. The van der Waals surface area contributed by atoms with Crippen LogP contribution in [-0.2, 0) is 6.42 Å². The summed E-state index contributed by atoms with van der Waals surface area (Å²) in [7, 11) is 0. The number of anilines is 2. The summed E-state index contributed by atoms with van der Waals surface area (Å²) in [5.41, 5.74) is 3.65. The maximum Gasteiger partial charge on any atom is 0.227 e. The third kappa shape index (κ3) is 2.95. The highest BCUT2D eigenvalue weighted by molar-refractivity contribution is 7.10. The number of rotatable bonds is 3. The molecule has 3 aromatic rings. The SMILES string of the molecule is Cc1ccc(Nc2ncc3c(n2)C[C@H](c2cccs2)CC3=O)cc1. The van der Waals surface area contributed by atoms with Gasteiger partial charge in [-0.2, -0.15) is 0 Å². The largest absolute Gasteiger partial charge is 0.324 e. The molecule has 0 saturated heterocycles. The lowest BCUT2D eigenvalue weighted by atomic mass is 9.86. The van der Waals surface area contributed by atoms with Crippen LogP contribution >= 0.6 is 11.3 Å². The number of aryl methyl sites for hydroxylation is 1. The van der Waals surface area contributed by atoms with Crippen molar-refractivity contribution in [3.8, 4) is 0 Å². The first-order valence-corrected chi connectivity index (χ1v) is 8.83. The quantitative estimate of drug-likeness (QED) is 0.765. The molecule has 1 aromatic carbocycles. The number of nitrogens with one attached hydrogen (secondary N) is 1. The molecule has 0 amide bonds. The average Bonchev–Trinajstić information content (AvgIpc) is 3.11. The van der Waals surface area contributed by atoms with E-state index in [9.17, 15) is 4.79 Å². The molecular formula is C19H17N3OS. The topological polar surface area (TPSA) is 54.9 Å². The van der Waals surface area contributed by atoms with Crippen LogP contribution in [0.4, 0.5) is 11.6 Å². The Labute approximate surface area is 144 Å². The zero-order valence-corrected chi connectivity index (χ0v) is 14.1. The number of nitrogens with zero attached hydrogens (tertiary/aromatic N) is 2. The van der Waals surface area contributed by atoms with Gasteiger partial charge in [0.05, 0.1) is 11.3 Å². The molecule has 1 aliphatic carbocycles. The number of ketones is 1. The van der Waals surface area contributed by atoms with Crippen molar-refractivity contribution in [2.24, 2.45) is 0 Å². The Kier molecular flexibility index (Phi) is 3.86. The molecule has 0 bridgehead atoms. The summed E-state index contributed by atoms with van der Waals surface area (Å²) in [5.74, 6) is 0.904. The van der Waals surface area contributed by atoms with Crippen molar-refractivity contribution in [3.05, 3.63) is 69.7 Å². The zero-order valence-electron chi connectivity index (χ0n) is 13.3. The molecule has 4 rings (SSSR count). The van der Waals surface area contributed by atoms with E-state index >= 15 is 0 Å². The Morgan fingerprint density at radius 1 is 1.17 bits per heavy atom.